The molecule has 0 aromatic heterocycles. The summed E-state index contributed by atoms with van der Waals surface area (Å²) in [5, 5.41) is 0. The van der Waals surface area contributed by atoms with Crippen LogP contribution in [0.25, 0.3) is 0 Å². The molecule has 0 fully saturated rings. The zero-order valence-corrected chi connectivity index (χ0v) is 14.0. The van der Waals surface area contributed by atoms with E-state index < -0.39 is 0 Å². The zero-order chi connectivity index (χ0) is 17.0. The first-order chi connectivity index (χ1) is 10.4. The quantitative estimate of drug-likeness (QED) is 0.296. The second-order valence-electron chi connectivity index (χ2n) is 5.95. The van der Waals surface area contributed by atoms with Crippen molar-refractivity contribution in [3.05, 3.63) is 12.2 Å². The van der Waals surface area contributed by atoms with Gasteiger partial charge in [-0.3, -0.25) is 0 Å². The maximum Gasteiger partial charge on any atom is 0.333 e. The van der Waals surface area contributed by atoms with Crippen molar-refractivity contribution in [3.63, 3.8) is 0 Å². The summed E-state index contributed by atoms with van der Waals surface area (Å²) in [5.41, 5.74) is 0.397. The van der Waals surface area contributed by atoms with Crippen molar-refractivity contribution in [2.75, 3.05) is 26.7 Å². The van der Waals surface area contributed by atoms with Gasteiger partial charge in [0, 0.05) is 24.0 Å². The number of nitrogens with zero attached hydrogens (tertiary/aromatic N) is 1. The molecule has 0 amide bonds. The van der Waals surface area contributed by atoms with E-state index in [1.165, 1.54) is 0 Å². The van der Waals surface area contributed by atoms with Crippen LogP contribution in [-0.4, -0.2) is 50.2 Å². The minimum absolute atomic E-state index is 0.0271. The van der Waals surface area contributed by atoms with Gasteiger partial charge < -0.3 is 19.2 Å². The first kappa shape index (κ1) is 20.5. The Morgan fingerprint density at radius 3 is 2.41 bits per heavy atom. The summed E-state index contributed by atoms with van der Waals surface area (Å²) in [7, 11) is 1.94. The van der Waals surface area contributed by atoms with Crippen LogP contribution in [0.15, 0.2) is 12.2 Å². The third kappa shape index (κ3) is 10.3. The van der Waals surface area contributed by atoms with Gasteiger partial charge in [-0.05, 0) is 39.8 Å². The van der Waals surface area contributed by atoms with Gasteiger partial charge in [0.25, 0.3) is 0 Å². The predicted octanol–water partition coefficient (Wildman–Crippen LogP) is 2.25. The highest BCUT2D eigenvalue weighted by atomic mass is 16.5. The molecule has 0 saturated heterocycles. The molecule has 0 aliphatic heterocycles. The summed E-state index contributed by atoms with van der Waals surface area (Å²) < 4.78 is 5.03. The molecule has 5 heteroatoms. The van der Waals surface area contributed by atoms with E-state index in [1.807, 2.05) is 18.9 Å². The van der Waals surface area contributed by atoms with Crippen molar-refractivity contribution < 1.29 is 19.1 Å². The average Bonchev–Trinajstić information content (AvgIpc) is 2.49. The van der Waals surface area contributed by atoms with Gasteiger partial charge >= 0.3 is 5.97 Å². The molecule has 0 bridgehead atoms. The van der Waals surface area contributed by atoms with Crippen LogP contribution in [0, 0.1) is 11.8 Å². The first-order valence-electron chi connectivity index (χ1n) is 7.82. The number of hydrogen-bond acceptors (Lipinski definition) is 5. The van der Waals surface area contributed by atoms with Crippen LogP contribution in [-0.2, 0) is 19.1 Å². The smallest absolute Gasteiger partial charge is 0.333 e. The zero-order valence-electron chi connectivity index (χ0n) is 14.0. The number of likely N-dealkylation sites (N-methyl/N-ethyl adjacent to an activating group) is 1. The van der Waals surface area contributed by atoms with Gasteiger partial charge in [0.1, 0.15) is 19.2 Å². The van der Waals surface area contributed by atoms with Crippen LogP contribution in [0.4, 0.5) is 0 Å². The van der Waals surface area contributed by atoms with Gasteiger partial charge in [-0.15, -0.1) is 0 Å². The second-order valence-corrected chi connectivity index (χ2v) is 5.95. The van der Waals surface area contributed by atoms with E-state index in [0.717, 1.165) is 44.8 Å². The summed E-state index contributed by atoms with van der Waals surface area (Å²) in [4.78, 5) is 34.9. The lowest BCUT2D eigenvalue weighted by Crippen LogP contribution is -2.27. The molecular weight excluding hydrogens is 282 g/mol. The Bertz CT molecular complexity index is 368. The maximum atomic E-state index is 11.2. The molecule has 22 heavy (non-hydrogen) atoms. The number of carbonyl (C=O) groups excluding carboxylic acids is 3. The first-order valence-corrected chi connectivity index (χ1v) is 7.82. The molecule has 0 saturated carbocycles. The molecule has 0 aromatic carbocycles. The highest BCUT2D eigenvalue weighted by molar-refractivity contribution is 5.86. The molecule has 126 valence electrons. The molecule has 2 unspecified atom stereocenters. The Balaban J connectivity index is 3.82. The van der Waals surface area contributed by atoms with Crippen molar-refractivity contribution in [1.29, 1.82) is 0 Å². The molecule has 0 N–H and O–H groups in total. The van der Waals surface area contributed by atoms with Gasteiger partial charge in [0.15, 0.2) is 0 Å². The lowest BCUT2D eigenvalue weighted by atomic mass is 9.96. The number of esters is 1. The fourth-order valence-corrected chi connectivity index (χ4v) is 1.97. The standard InChI is InChI=1S/C17H29NO4/c1-14(2)17(21)22-11-10-18(4)9-8-16(13-20)7-5-6-15(3)12-19/h12-13,15-16H,1,5-11H2,2-4H3. The normalized spacial score (nSPS) is 13.5. The monoisotopic (exact) mass is 311 g/mol. The highest BCUT2D eigenvalue weighted by Crippen LogP contribution is 2.14. The molecule has 0 aromatic rings. The Hall–Kier alpha value is -1.49. The number of carbonyl (C=O) groups is 3. The summed E-state index contributed by atoms with van der Waals surface area (Å²) in [6, 6.07) is 0. The fraction of sp³-hybridized carbons (Fsp3) is 0.706. The van der Waals surface area contributed by atoms with E-state index in [1.54, 1.807) is 6.92 Å². The van der Waals surface area contributed by atoms with Crippen LogP contribution < -0.4 is 0 Å². The molecule has 0 aliphatic carbocycles. The molecule has 2 atom stereocenters. The van der Waals surface area contributed by atoms with Crippen LogP contribution >= 0.6 is 0 Å². The molecule has 0 heterocycles. The Morgan fingerprint density at radius 1 is 1.18 bits per heavy atom. The van der Waals surface area contributed by atoms with Crippen molar-refractivity contribution >= 4 is 18.5 Å². The molecule has 5 nitrogen and oxygen atoms in total. The maximum absolute atomic E-state index is 11.2. The molecule has 0 radical (unpaired) electrons. The summed E-state index contributed by atoms with van der Waals surface area (Å²) in [6.45, 7) is 8.76. The van der Waals surface area contributed by atoms with Crippen LogP contribution in [0.2, 0.25) is 0 Å². The highest BCUT2D eigenvalue weighted by Gasteiger charge is 2.11. The summed E-state index contributed by atoms with van der Waals surface area (Å²) in [5.74, 6) is -0.277. The van der Waals surface area contributed by atoms with E-state index in [2.05, 4.69) is 6.58 Å². The van der Waals surface area contributed by atoms with E-state index in [9.17, 15) is 14.4 Å². The number of hydrogen-bond donors (Lipinski definition) is 0. The third-order valence-electron chi connectivity index (χ3n) is 3.60. The Kier molecular flexibility index (Phi) is 11.3. The van der Waals surface area contributed by atoms with Gasteiger partial charge in [-0.2, -0.15) is 0 Å². The molecule has 0 spiro atoms. The minimum Gasteiger partial charge on any atom is -0.461 e. The van der Waals surface area contributed by atoms with Gasteiger partial charge in [-0.25, -0.2) is 4.79 Å². The topological polar surface area (TPSA) is 63.7 Å². The van der Waals surface area contributed by atoms with Crippen molar-refractivity contribution in [1.82, 2.24) is 4.90 Å². The van der Waals surface area contributed by atoms with E-state index in [0.29, 0.717) is 18.7 Å². The van der Waals surface area contributed by atoms with Crippen LogP contribution in [0.1, 0.15) is 39.5 Å². The van der Waals surface area contributed by atoms with E-state index in [4.69, 9.17) is 4.74 Å². The number of aldehydes is 2. The molecular formula is C17H29NO4. The fourth-order valence-electron chi connectivity index (χ4n) is 1.97. The largest absolute Gasteiger partial charge is 0.461 e. The average molecular weight is 311 g/mol. The minimum atomic E-state index is -0.372. The third-order valence-corrected chi connectivity index (χ3v) is 3.60. The lowest BCUT2D eigenvalue weighted by molar-refractivity contribution is -0.139. The number of rotatable bonds is 13. The van der Waals surface area contributed by atoms with Crippen LogP contribution in [0.5, 0.6) is 0 Å². The SMILES string of the molecule is C=C(C)C(=O)OCCN(C)CCC(C=O)CCCC(C)C=O. The van der Waals surface area contributed by atoms with E-state index in [-0.39, 0.29) is 17.8 Å². The number of ether oxygens (including phenoxy) is 1. The molecule has 0 aliphatic rings. The van der Waals surface area contributed by atoms with Crippen LogP contribution in [0.3, 0.4) is 0 Å². The lowest BCUT2D eigenvalue weighted by Gasteiger charge is -2.19. The van der Waals surface area contributed by atoms with Gasteiger partial charge in [0.2, 0.25) is 0 Å². The van der Waals surface area contributed by atoms with E-state index >= 15 is 0 Å². The Morgan fingerprint density at radius 2 is 1.86 bits per heavy atom. The predicted molar refractivity (Wildman–Crippen MR) is 86.5 cm³/mol. The second kappa shape index (κ2) is 12.1. The molecule has 0 rings (SSSR count). The van der Waals surface area contributed by atoms with Crippen molar-refractivity contribution in [2.45, 2.75) is 39.5 Å². The van der Waals surface area contributed by atoms with Gasteiger partial charge in [0.05, 0.1) is 0 Å². The summed E-state index contributed by atoms with van der Waals surface area (Å²) >= 11 is 0. The summed E-state index contributed by atoms with van der Waals surface area (Å²) in [6.07, 6.45) is 5.28. The van der Waals surface area contributed by atoms with Crippen molar-refractivity contribution in [3.8, 4) is 0 Å². The Labute approximate surface area is 133 Å². The van der Waals surface area contributed by atoms with Crippen molar-refractivity contribution in [2.24, 2.45) is 11.8 Å². The van der Waals surface area contributed by atoms with Gasteiger partial charge in [-0.1, -0.05) is 19.9 Å².